The summed E-state index contributed by atoms with van der Waals surface area (Å²) in [7, 11) is 0. The SMILES string of the molecule is CC(C)n1nnc(CO)c1Cc1ccccc1. The fourth-order valence-corrected chi connectivity index (χ4v) is 1.86. The first-order chi connectivity index (χ1) is 8.22. The monoisotopic (exact) mass is 231 g/mol. The Morgan fingerprint density at radius 3 is 2.53 bits per heavy atom. The number of rotatable bonds is 4. The molecule has 0 atom stereocenters. The molecule has 2 rings (SSSR count). The van der Waals surface area contributed by atoms with Crippen LogP contribution in [0.3, 0.4) is 0 Å². The molecule has 1 heterocycles. The molecule has 0 radical (unpaired) electrons. The van der Waals surface area contributed by atoms with E-state index in [4.69, 9.17) is 0 Å². The Bertz CT molecular complexity index is 477. The minimum absolute atomic E-state index is 0.0606. The van der Waals surface area contributed by atoms with Crippen LogP contribution in [-0.2, 0) is 13.0 Å². The van der Waals surface area contributed by atoms with Crippen LogP contribution in [-0.4, -0.2) is 20.1 Å². The second-order valence-electron chi connectivity index (χ2n) is 4.34. The number of hydrogen-bond acceptors (Lipinski definition) is 3. The lowest BCUT2D eigenvalue weighted by Gasteiger charge is -2.10. The molecule has 4 nitrogen and oxygen atoms in total. The van der Waals surface area contributed by atoms with Gasteiger partial charge in [-0.05, 0) is 19.4 Å². The maximum Gasteiger partial charge on any atom is 0.112 e. The van der Waals surface area contributed by atoms with E-state index >= 15 is 0 Å². The summed E-state index contributed by atoms with van der Waals surface area (Å²) in [5, 5.41) is 17.4. The highest BCUT2D eigenvalue weighted by molar-refractivity contribution is 5.23. The van der Waals surface area contributed by atoms with Crippen LogP contribution in [0.2, 0.25) is 0 Å². The number of nitrogens with zero attached hydrogens (tertiary/aromatic N) is 3. The van der Waals surface area contributed by atoms with Crippen LogP contribution in [0.5, 0.6) is 0 Å². The molecule has 0 fully saturated rings. The summed E-state index contributed by atoms with van der Waals surface area (Å²) < 4.78 is 1.87. The highest BCUT2D eigenvalue weighted by Crippen LogP contribution is 2.16. The highest BCUT2D eigenvalue weighted by atomic mass is 16.3. The Labute approximate surface area is 101 Å². The molecular formula is C13H17N3O. The number of benzene rings is 1. The van der Waals surface area contributed by atoms with Crippen molar-refractivity contribution < 1.29 is 5.11 Å². The van der Waals surface area contributed by atoms with Gasteiger partial charge in [-0.15, -0.1) is 5.10 Å². The van der Waals surface area contributed by atoms with E-state index in [0.717, 1.165) is 12.1 Å². The molecule has 0 bridgehead atoms. The molecule has 1 N–H and O–H groups in total. The zero-order valence-electron chi connectivity index (χ0n) is 10.2. The third kappa shape index (κ3) is 2.53. The summed E-state index contributed by atoms with van der Waals surface area (Å²) in [6.45, 7) is 4.06. The van der Waals surface area contributed by atoms with Gasteiger partial charge in [-0.2, -0.15) is 0 Å². The topological polar surface area (TPSA) is 50.9 Å². The largest absolute Gasteiger partial charge is 0.390 e. The van der Waals surface area contributed by atoms with Gasteiger partial charge in [0.1, 0.15) is 5.69 Å². The van der Waals surface area contributed by atoms with Gasteiger partial charge in [-0.3, -0.25) is 0 Å². The normalized spacial score (nSPS) is 11.1. The molecule has 0 amide bonds. The summed E-state index contributed by atoms with van der Waals surface area (Å²) in [5.74, 6) is 0. The van der Waals surface area contributed by atoms with Gasteiger partial charge in [0.25, 0.3) is 0 Å². The Kier molecular flexibility index (Phi) is 3.54. The molecular weight excluding hydrogens is 214 g/mol. The maximum atomic E-state index is 9.28. The van der Waals surface area contributed by atoms with Gasteiger partial charge in [0, 0.05) is 12.5 Å². The lowest BCUT2D eigenvalue weighted by Crippen LogP contribution is -2.09. The Balaban J connectivity index is 2.33. The Morgan fingerprint density at radius 1 is 1.24 bits per heavy atom. The molecule has 17 heavy (non-hydrogen) atoms. The standard InChI is InChI=1S/C13H17N3O/c1-10(2)16-13(12(9-17)14-15-16)8-11-6-4-3-5-7-11/h3-7,10,17H,8-9H2,1-2H3. The van der Waals surface area contributed by atoms with E-state index in [2.05, 4.69) is 36.3 Å². The highest BCUT2D eigenvalue weighted by Gasteiger charge is 2.14. The van der Waals surface area contributed by atoms with Crippen molar-refractivity contribution in [3.05, 3.63) is 47.3 Å². The van der Waals surface area contributed by atoms with E-state index in [0.29, 0.717) is 5.69 Å². The van der Waals surface area contributed by atoms with Crippen molar-refractivity contribution in [1.82, 2.24) is 15.0 Å². The maximum absolute atomic E-state index is 9.28. The van der Waals surface area contributed by atoms with Crippen LogP contribution in [0.4, 0.5) is 0 Å². The van der Waals surface area contributed by atoms with E-state index < -0.39 is 0 Å². The van der Waals surface area contributed by atoms with Crippen molar-refractivity contribution in [2.24, 2.45) is 0 Å². The molecule has 0 aliphatic heterocycles. The molecule has 2 aromatic rings. The zero-order chi connectivity index (χ0) is 12.3. The lowest BCUT2D eigenvalue weighted by molar-refractivity contribution is 0.275. The molecule has 1 aromatic carbocycles. The summed E-state index contributed by atoms with van der Waals surface area (Å²) in [6.07, 6.45) is 0.752. The van der Waals surface area contributed by atoms with E-state index in [1.165, 1.54) is 5.56 Å². The summed E-state index contributed by atoms with van der Waals surface area (Å²) in [5.41, 5.74) is 2.86. The third-order valence-electron chi connectivity index (χ3n) is 2.72. The molecule has 0 saturated carbocycles. The van der Waals surface area contributed by atoms with Gasteiger partial charge in [0.15, 0.2) is 0 Å². The average molecular weight is 231 g/mol. The molecule has 0 saturated heterocycles. The Hall–Kier alpha value is -1.68. The van der Waals surface area contributed by atoms with Gasteiger partial charge in [0.05, 0.1) is 12.3 Å². The summed E-state index contributed by atoms with van der Waals surface area (Å²) in [4.78, 5) is 0. The summed E-state index contributed by atoms with van der Waals surface area (Å²) >= 11 is 0. The van der Waals surface area contributed by atoms with Crippen molar-refractivity contribution in [2.75, 3.05) is 0 Å². The number of aliphatic hydroxyl groups is 1. The quantitative estimate of drug-likeness (QED) is 0.875. The first-order valence-electron chi connectivity index (χ1n) is 5.80. The smallest absolute Gasteiger partial charge is 0.112 e. The number of aliphatic hydroxyl groups excluding tert-OH is 1. The van der Waals surface area contributed by atoms with Gasteiger partial charge < -0.3 is 5.11 Å². The fourth-order valence-electron chi connectivity index (χ4n) is 1.86. The van der Waals surface area contributed by atoms with Crippen LogP contribution in [0, 0.1) is 0 Å². The average Bonchev–Trinajstić information content (AvgIpc) is 2.73. The third-order valence-corrected chi connectivity index (χ3v) is 2.72. The van der Waals surface area contributed by atoms with Crippen molar-refractivity contribution >= 4 is 0 Å². The van der Waals surface area contributed by atoms with E-state index in [1.54, 1.807) is 0 Å². The lowest BCUT2D eigenvalue weighted by atomic mass is 10.1. The second-order valence-corrected chi connectivity index (χ2v) is 4.34. The van der Waals surface area contributed by atoms with Crippen molar-refractivity contribution in [3.63, 3.8) is 0 Å². The van der Waals surface area contributed by atoms with Gasteiger partial charge in [-0.1, -0.05) is 35.5 Å². The number of aromatic nitrogens is 3. The van der Waals surface area contributed by atoms with Gasteiger partial charge in [0.2, 0.25) is 0 Å². The van der Waals surface area contributed by atoms with Gasteiger partial charge in [-0.25, -0.2) is 4.68 Å². The fraction of sp³-hybridized carbons (Fsp3) is 0.385. The molecule has 0 aliphatic rings. The van der Waals surface area contributed by atoms with E-state index in [1.807, 2.05) is 22.9 Å². The van der Waals surface area contributed by atoms with Crippen LogP contribution < -0.4 is 0 Å². The predicted molar refractivity (Wildman–Crippen MR) is 65.6 cm³/mol. The number of hydrogen-bond donors (Lipinski definition) is 1. The van der Waals surface area contributed by atoms with Crippen LogP contribution in [0.1, 0.15) is 36.8 Å². The first-order valence-corrected chi connectivity index (χ1v) is 5.80. The van der Waals surface area contributed by atoms with Crippen molar-refractivity contribution in [3.8, 4) is 0 Å². The zero-order valence-corrected chi connectivity index (χ0v) is 10.2. The Morgan fingerprint density at radius 2 is 1.94 bits per heavy atom. The van der Waals surface area contributed by atoms with Gasteiger partial charge >= 0.3 is 0 Å². The molecule has 0 aliphatic carbocycles. The second kappa shape index (κ2) is 5.10. The van der Waals surface area contributed by atoms with Crippen molar-refractivity contribution in [2.45, 2.75) is 32.9 Å². The van der Waals surface area contributed by atoms with E-state index in [9.17, 15) is 5.11 Å². The molecule has 4 heteroatoms. The molecule has 90 valence electrons. The van der Waals surface area contributed by atoms with Crippen LogP contribution in [0.15, 0.2) is 30.3 Å². The van der Waals surface area contributed by atoms with Crippen LogP contribution >= 0.6 is 0 Å². The minimum Gasteiger partial charge on any atom is -0.390 e. The first kappa shape index (κ1) is 11.8. The molecule has 0 spiro atoms. The predicted octanol–water partition coefficient (Wildman–Crippen LogP) is 1.94. The summed E-state index contributed by atoms with van der Waals surface area (Å²) in [6, 6.07) is 10.4. The minimum atomic E-state index is -0.0606. The van der Waals surface area contributed by atoms with Crippen molar-refractivity contribution in [1.29, 1.82) is 0 Å². The van der Waals surface area contributed by atoms with E-state index in [-0.39, 0.29) is 12.6 Å². The van der Waals surface area contributed by atoms with Crippen LogP contribution in [0.25, 0.3) is 0 Å². The molecule has 1 aromatic heterocycles. The molecule has 0 unspecified atom stereocenters.